The molecule has 0 radical (unpaired) electrons. The molecular formula is C11H16N4O2. The Balaban J connectivity index is 2.32. The molecule has 0 spiro atoms. The van der Waals surface area contributed by atoms with Gasteiger partial charge in [-0.1, -0.05) is 6.92 Å². The summed E-state index contributed by atoms with van der Waals surface area (Å²) in [5.41, 5.74) is 0.0823. The molecule has 0 aliphatic carbocycles. The SMILES string of the molecule is CNc1cc([N+](=O)[O-])cc(N2CCC(C)C2)n1. The van der Waals surface area contributed by atoms with Crippen LogP contribution in [0.3, 0.4) is 0 Å². The van der Waals surface area contributed by atoms with E-state index in [1.807, 2.05) is 0 Å². The number of nitrogens with zero attached hydrogens (tertiary/aromatic N) is 3. The van der Waals surface area contributed by atoms with E-state index in [0.717, 1.165) is 19.5 Å². The minimum absolute atomic E-state index is 0.0823. The number of nitrogens with one attached hydrogen (secondary N) is 1. The van der Waals surface area contributed by atoms with E-state index < -0.39 is 0 Å². The quantitative estimate of drug-likeness (QED) is 0.640. The van der Waals surface area contributed by atoms with Crippen LogP contribution >= 0.6 is 0 Å². The molecule has 2 heterocycles. The second kappa shape index (κ2) is 4.57. The molecule has 6 nitrogen and oxygen atoms in total. The number of pyridine rings is 1. The Morgan fingerprint density at radius 3 is 2.88 bits per heavy atom. The number of anilines is 2. The number of hydrogen-bond acceptors (Lipinski definition) is 5. The zero-order valence-corrected chi connectivity index (χ0v) is 10.0. The predicted octanol–water partition coefficient (Wildman–Crippen LogP) is 1.88. The maximum atomic E-state index is 10.8. The van der Waals surface area contributed by atoms with E-state index in [9.17, 15) is 10.1 Å². The fourth-order valence-corrected chi connectivity index (χ4v) is 2.04. The van der Waals surface area contributed by atoms with E-state index in [1.54, 1.807) is 13.1 Å². The molecule has 1 atom stereocenters. The van der Waals surface area contributed by atoms with Crippen LogP contribution in [0.1, 0.15) is 13.3 Å². The lowest BCUT2D eigenvalue weighted by Crippen LogP contribution is -2.20. The average Bonchev–Trinajstić information content (AvgIpc) is 2.75. The Kier molecular flexibility index (Phi) is 3.12. The van der Waals surface area contributed by atoms with Crippen LogP contribution < -0.4 is 10.2 Å². The van der Waals surface area contributed by atoms with Crippen LogP contribution in [-0.2, 0) is 0 Å². The molecule has 1 aromatic rings. The molecule has 1 aromatic heterocycles. The van der Waals surface area contributed by atoms with Crippen LogP contribution in [0.5, 0.6) is 0 Å². The van der Waals surface area contributed by atoms with Gasteiger partial charge in [0.05, 0.1) is 17.1 Å². The van der Waals surface area contributed by atoms with Gasteiger partial charge in [-0.25, -0.2) is 4.98 Å². The van der Waals surface area contributed by atoms with Gasteiger partial charge in [0, 0.05) is 20.1 Å². The molecule has 92 valence electrons. The molecule has 1 aliphatic rings. The van der Waals surface area contributed by atoms with Crippen LogP contribution in [0.15, 0.2) is 12.1 Å². The first-order valence-electron chi connectivity index (χ1n) is 5.69. The molecule has 1 unspecified atom stereocenters. The van der Waals surface area contributed by atoms with Crippen molar-refractivity contribution in [2.75, 3.05) is 30.4 Å². The number of aromatic nitrogens is 1. The number of hydrogen-bond donors (Lipinski definition) is 1. The molecule has 0 aromatic carbocycles. The fourth-order valence-electron chi connectivity index (χ4n) is 2.04. The van der Waals surface area contributed by atoms with Crippen LogP contribution in [0.2, 0.25) is 0 Å². The highest BCUT2D eigenvalue weighted by Crippen LogP contribution is 2.27. The van der Waals surface area contributed by atoms with Gasteiger partial charge < -0.3 is 10.2 Å². The maximum Gasteiger partial charge on any atom is 0.276 e. The number of nitro groups is 1. The smallest absolute Gasteiger partial charge is 0.276 e. The van der Waals surface area contributed by atoms with Crippen molar-refractivity contribution in [1.29, 1.82) is 0 Å². The van der Waals surface area contributed by atoms with E-state index >= 15 is 0 Å². The summed E-state index contributed by atoms with van der Waals surface area (Å²) < 4.78 is 0. The van der Waals surface area contributed by atoms with Gasteiger partial charge in [-0.2, -0.15) is 0 Å². The molecule has 17 heavy (non-hydrogen) atoms. The molecule has 1 fully saturated rings. The van der Waals surface area contributed by atoms with Crippen molar-refractivity contribution in [3.8, 4) is 0 Å². The lowest BCUT2D eigenvalue weighted by Gasteiger charge is -2.17. The molecule has 1 aliphatic heterocycles. The third-order valence-electron chi connectivity index (χ3n) is 3.01. The molecule has 0 saturated carbocycles. The highest BCUT2D eigenvalue weighted by molar-refractivity contribution is 5.56. The zero-order valence-electron chi connectivity index (χ0n) is 10.0. The third kappa shape index (κ3) is 2.46. The Bertz CT molecular complexity index is 435. The summed E-state index contributed by atoms with van der Waals surface area (Å²) in [5, 5.41) is 13.7. The summed E-state index contributed by atoms with van der Waals surface area (Å²) >= 11 is 0. The molecule has 1 N–H and O–H groups in total. The monoisotopic (exact) mass is 236 g/mol. The first kappa shape index (κ1) is 11.6. The Labute approximate surface area is 99.8 Å². The van der Waals surface area contributed by atoms with Crippen molar-refractivity contribution < 1.29 is 4.92 Å². The first-order chi connectivity index (χ1) is 8.10. The lowest BCUT2D eigenvalue weighted by molar-refractivity contribution is -0.384. The van der Waals surface area contributed by atoms with E-state index in [0.29, 0.717) is 17.6 Å². The van der Waals surface area contributed by atoms with Crippen LogP contribution in [0, 0.1) is 16.0 Å². The van der Waals surface area contributed by atoms with E-state index in [4.69, 9.17) is 0 Å². The van der Waals surface area contributed by atoms with Gasteiger partial charge in [-0.15, -0.1) is 0 Å². The maximum absolute atomic E-state index is 10.8. The third-order valence-corrected chi connectivity index (χ3v) is 3.01. The Hall–Kier alpha value is -1.85. The minimum atomic E-state index is -0.383. The first-order valence-corrected chi connectivity index (χ1v) is 5.69. The molecule has 0 bridgehead atoms. The van der Waals surface area contributed by atoms with Crippen LogP contribution in [0.4, 0.5) is 17.3 Å². The van der Waals surface area contributed by atoms with E-state index in [2.05, 4.69) is 22.1 Å². The van der Waals surface area contributed by atoms with E-state index in [-0.39, 0.29) is 10.6 Å². The average molecular weight is 236 g/mol. The van der Waals surface area contributed by atoms with Gasteiger partial charge in [-0.05, 0) is 12.3 Å². The van der Waals surface area contributed by atoms with Crippen molar-refractivity contribution in [2.45, 2.75) is 13.3 Å². The lowest BCUT2D eigenvalue weighted by atomic mass is 10.2. The summed E-state index contributed by atoms with van der Waals surface area (Å²) in [5.74, 6) is 1.84. The molecule has 2 rings (SSSR count). The van der Waals surface area contributed by atoms with Crippen molar-refractivity contribution in [1.82, 2.24) is 4.98 Å². The van der Waals surface area contributed by atoms with Crippen molar-refractivity contribution in [3.63, 3.8) is 0 Å². The normalized spacial score (nSPS) is 19.4. The summed E-state index contributed by atoms with van der Waals surface area (Å²) in [6.45, 7) is 4.01. The van der Waals surface area contributed by atoms with Crippen LogP contribution in [-0.4, -0.2) is 30.0 Å². The molecule has 0 amide bonds. The van der Waals surface area contributed by atoms with Gasteiger partial charge >= 0.3 is 0 Å². The molecule has 1 saturated heterocycles. The fraction of sp³-hybridized carbons (Fsp3) is 0.545. The van der Waals surface area contributed by atoms with Crippen LogP contribution in [0.25, 0.3) is 0 Å². The highest BCUT2D eigenvalue weighted by Gasteiger charge is 2.22. The van der Waals surface area contributed by atoms with Gasteiger partial charge in [0.1, 0.15) is 11.6 Å². The van der Waals surface area contributed by atoms with Gasteiger partial charge in [0.2, 0.25) is 0 Å². The second-order valence-corrected chi connectivity index (χ2v) is 4.42. The largest absolute Gasteiger partial charge is 0.373 e. The minimum Gasteiger partial charge on any atom is -0.373 e. The van der Waals surface area contributed by atoms with Gasteiger partial charge in [0.15, 0.2) is 0 Å². The number of rotatable bonds is 3. The van der Waals surface area contributed by atoms with Crippen molar-refractivity contribution in [2.24, 2.45) is 5.92 Å². The Morgan fingerprint density at radius 2 is 2.35 bits per heavy atom. The molecule has 6 heteroatoms. The van der Waals surface area contributed by atoms with Gasteiger partial charge in [0.25, 0.3) is 5.69 Å². The van der Waals surface area contributed by atoms with Gasteiger partial charge in [-0.3, -0.25) is 10.1 Å². The topological polar surface area (TPSA) is 71.3 Å². The summed E-state index contributed by atoms with van der Waals surface area (Å²) in [4.78, 5) is 16.9. The van der Waals surface area contributed by atoms with Crippen molar-refractivity contribution >= 4 is 17.3 Å². The molecular weight excluding hydrogens is 220 g/mol. The standard InChI is InChI=1S/C11H16N4O2/c1-8-3-4-14(7-8)11-6-9(15(16)17)5-10(12-2)13-11/h5-6,8H,3-4,7H2,1-2H3,(H,12,13). The zero-order chi connectivity index (χ0) is 12.4. The Morgan fingerprint density at radius 1 is 1.59 bits per heavy atom. The van der Waals surface area contributed by atoms with E-state index in [1.165, 1.54) is 6.07 Å². The summed E-state index contributed by atoms with van der Waals surface area (Å²) in [6, 6.07) is 2.99. The highest BCUT2D eigenvalue weighted by atomic mass is 16.6. The second-order valence-electron chi connectivity index (χ2n) is 4.42. The predicted molar refractivity (Wildman–Crippen MR) is 66.4 cm³/mol. The summed E-state index contributed by atoms with van der Waals surface area (Å²) in [6.07, 6.45) is 1.11. The van der Waals surface area contributed by atoms with Crippen molar-refractivity contribution in [3.05, 3.63) is 22.2 Å². The summed E-state index contributed by atoms with van der Waals surface area (Å²) in [7, 11) is 1.71.